The highest BCUT2D eigenvalue weighted by Gasteiger charge is 2.21. The third-order valence-corrected chi connectivity index (χ3v) is 2.13. The lowest BCUT2D eigenvalue weighted by molar-refractivity contribution is 0.0931. The standard InChI is InChI=1S/C12H16F2N2O/c1-12(2,3)6-16-11(17)9-7(13)4-5-8(15)10(9)14/h4-5H,6,15H2,1-3H3,(H,16,17). The van der Waals surface area contributed by atoms with Gasteiger partial charge < -0.3 is 11.1 Å². The first-order valence-corrected chi connectivity index (χ1v) is 5.24. The van der Waals surface area contributed by atoms with E-state index in [1.54, 1.807) is 0 Å². The van der Waals surface area contributed by atoms with Crippen molar-refractivity contribution in [3.8, 4) is 0 Å². The molecule has 17 heavy (non-hydrogen) atoms. The minimum absolute atomic E-state index is 0.164. The summed E-state index contributed by atoms with van der Waals surface area (Å²) in [6.45, 7) is 6.03. The van der Waals surface area contributed by atoms with Crippen molar-refractivity contribution in [1.29, 1.82) is 0 Å². The number of nitrogens with one attached hydrogen (secondary N) is 1. The van der Waals surface area contributed by atoms with E-state index < -0.39 is 23.1 Å². The van der Waals surface area contributed by atoms with E-state index in [4.69, 9.17) is 5.73 Å². The van der Waals surface area contributed by atoms with Crippen LogP contribution in [0, 0.1) is 17.0 Å². The molecule has 1 aromatic carbocycles. The highest BCUT2D eigenvalue weighted by molar-refractivity contribution is 5.95. The normalized spacial score (nSPS) is 11.4. The average molecular weight is 242 g/mol. The monoisotopic (exact) mass is 242 g/mol. The lowest BCUT2D eigenvalue weighted by Gasteiger charge is -2.19. The number of carbonyl (C=O) groups is 1. The first kappa shape index (κ1) is 13.4. The lowest BCUT2D eigenvalue weighted by Crippen LogP contribution is -2.33. The summed E-state index contributed by atoms with van der Waals surface area (Å²) in [7, 11) is 0. The maximum atomic E-state index is 13.5. The SMILES string of the molecule is CC(C)(C)CNC(=O)c1c(F)ccc(N)c1F. The van der Waals surface area contributed by atoms with Gasteiger partial charge in [-0.2, -0.15) is 0 Å². The van der Waals surface area contributed by atoms with E-state index in [0.717, 1.165) is 12.1 Å². The zero-order valence-electron chi connectivity index (χ0n) is 10.1. The van der Waals surface area contributed by atoms with E-state index in [2.05, 4.69) is 5.32 Å². The van der Waals surface area contributed by atoms with Crippen LogP contribution in [0.4, 0.5) is 14.5 Å². The summed E-state index contributed by atoms with van der Waals surface area (Å²) in [4.78, 5) is 11.6. The Hall–Kier alpha value is -1.65. The first-order chi connectivity index (χ1) is 7.72. The summed E-state index contributed by atoms with van der Waals surface area (Å²) >= 11 is 0. The molecule has 0 spiro atoms. The lowest BCUT2D eigenvalue weighted by atomic mass is 9.97. The van der Waals surface area contributed by atoms with E-state index in [0.29, 0.717) is 6.54 Å². The van der Waals surface area contributed by atoms with Gasteiger partial charge in [0.2, 0.25) is 0 Å². The summed E-state index contributed by atoms with van der Waals surface area (Å²) < 4.78 is 26.9. The first-order valence-electron chi connectivity index (χ1n) is 5.24. The van der Waals surface area contributed by atoms with Gasteiger partial charge in [0.05, 0.1) is 5.69 Å². The van der Waals surface area contributed by atoms with E-state index in [1.807, 2.05) is 20.8 Å². The number of benzene rings is 1. The largest absolute Gasteiger partial charge is 0.396 e. The molecule has 0 saturated heterocycles. The van der Waals surface area contributed by atoms with Gasteiger partial charge in [0.15, 0.2) is 5.82 Å². The number of hydrogen-bond donors (Lipinski definition) is 2. The van der Waals surface area contributed by atoms with Crippen LogP contribution in [0.5, 0.6) is 0 Å². The molecule has 0 aliphatic carbocycles. The van der Waals surface area contributed by atoms with Crippen molar-refractivity contribution in [3.05, 3.63) is 29.3 Å². The average Bonchev–Trinajstić information content (AvgIpc) is 2.20. The molecule has 0 heterocycles. The molecular weight excluding hydrogens is 226 g/mol. The molecule has 1 aromatic rings. The number of carbonyl (C=O) groups excluding carboxylic acids is 1. The molecule has 3 nitrogen and oxygen atoms in total. The molecule has 1 rings (SSSR count). The maximum absolute atomic E-state index is 13.5. The van der Waals surface area contributed by atoms with Crippen LogP contribution in [-0.4, -0.2) is 12.5 Å². The second-order valence-corrected chi connectivity index (χ2v) is 5.07. The van der Waals surface area contributed by atoms with E-state index >= 15 is 0 Å². The van der Waals surface area contributed by atoms with Crippen molar-refractivity contribution in [2.24, 2.45) is 5.41 Å². The highest BCUT2D eigenvalue weighted by Crippen LogP contribution is 2.19. The molecule has 0 fully saturated rings. The molecule has 0 aliphatic rings. The van der Waals surface area contributed by atoms with Gasteiger partial charge in [-0.15, -0.1) is 0 Å². The van der Waals surface area contributed by atoms with Crippen molar-refractivity contribution in [2.45, 2.75) is 20.8 Å². The number of halogens is 2. The Morgan fingerprint density at radius 2 is 1.94 bits per heavy atom. The van der Waals surface area contributed by atoms with E-state index in [9.17, 15) is 13.6 Å². The minimum Gasteiger partial charge on any atom is -0.396 e. The van der Waals surface area contributed by atoms with Gasteiger partial charge in [-0.1, -0.05) is 20.8 Å². The predicted octanol–water partition coefficient (Wildman–Crippen LogP) is 2.32. The molecule has 5 heteroatoms. The summed E-state index contributed by atoms with van der Waals surface area (Å²) in [5.41, 5.74) is 4.25. The summed E-state index contributed by atoms with van der Waals surface area (Å²) in [6, 6.07) is 2.07. The van der Waals surface area contributed by atoms with Gasteiger partial charge in [-0.3, -0.25) is 4.79 Å². The second kappa shape index (κ2) is 4.69. The quantitative estimate of drug-likeness (QED) is 0.782. The van der Waals surface area contributed by atoms with Crippen LogP contribution >= 0.6 is 0 Å². The number of rotatable bonds is 2. The van der Waals surface area contributed by atoms with Crippen LogP contribution in [0.25, 0.3) is 0 Å². The van der Waals surface area contributed by atoms with Crippen molar-refractivity contribution in [1.82, 2.24) is 5.32 Å². The third kappa shape index (κ3) is 3.41. The van der Waals surface area contributed by atoms with Gasteiger partial charge in [-0.05, 0) is 17.5 Å². The topological polar surface area (TPSA) is 55.1 Å². The van der Waals surface area contributed by atoms with Crippen LogP contribution in [0.2, 0.25) is 0 Å². The summed E-state index contributed by atoms with van der Waals surface area (Å²) in [6.07, 6.45) is 0. The number of nitrogen functional groups attached to an aromatic ring is 1. The fraction of sp³-hybridized carbons (Fsp3) is 0.417. The molecule has 0 atom stereocenters. The van der Waals surface area contributed by atoms with E-state index in [-0.39, 0.29) is 11.1 Å². The number of hydrogen-bond acceptors (Lipinski definition) is 2. The molecule has 0 unspecified atom stereocenters. The number of nitrogens with two attached hydrogens (primary N) is 1. The van der Waals surface area contributed by atoms with Gasteiger partial charge in [0.1, 0.15) is 11.4 Å². The molecular formula is C12H16F2N2O. The summed E-state index contributed by atoms with van der Waals surface area (Å²) in [5, 5.41) is 2.47. The molecule has 0 aliphatic heterocycles. The fourth-order valence-electron chi connectivity index (χ4n) is 1.21. The van der Waals surface area contributed by atoms with Crippen LogP contribution < -0.4 is 11.1 Å². The Morgan fingerprint density at radius 1 is 1.35 bits per heavy atom. The minimum atomic E-state index is -1.02. The van der Waals surface area contributed by atoms with Crippen molar-refractivity contribution in [3.63, 3.8) is 0 Å². The zero-order valence-corrected chi connectivity index (χ0v) is 10.1. The molecule has 0 bridgehead atoms. The zero-order chi connectivity index (χ0) is 13.2. The molecule has 3 N–H and O–H groups in total. The van der Waals surface area contributed by atoms with Gasteiger partial charge in [-0.25, -0.2) is 8.78 Å². The van der Waals surface area contributed by atoms with Gasteiger partial charge in [0.25, 0.3) is 5.91 Å². The Balaban J connectivity index is 2.93. The van der Waals surface area contributed by atoms with E-state index in [1.165, 1.54) is 0 Å². The Morgan fingerprint density at radius 3 is 2.47 bits per heavy atom. The smallest absolute Gasteiger partial charge is 0.257 e. The number of anilines is 1. The molecule has 1 amide bonds. The van der Waals surface area contributed by atoms with Gasteiger partial charge in [0, 0.05) is 6.54 Å². The molecule has 0 saturated carbocycles. The Labute approximate surface area is 99.0 Å². The predicted molar refractivity (Wildman–Crippen MR) is 62.6 cm³/mol. The Kier molecular flexibility index (Phi) is 3.70. The van der Waals surface area contributed by atoms with Crippen LogP contribution in [0.15, 0.2) is 12.1 Å². The summed E-state index contributed by atoms with van der Waals surface area (Å²) in [5.74, 6) is -2.72. The van der Waals surface area contributed by atoms with Crippen molar-refractivity contribution >= 4 is 11.6 Å². The molecule has 0 aromatic heterocycles. The Bertz CT molecular complexity index is 439. The highest BCUT2D eigenvalue weighted by atomic mass is 19.1. The van der Waals surface area contributed by atoms with Crippen LogP contribution in [0.1, 0.15) is 31.1 Å². The second-order valence-electron chi connectivity index (χ2n) is 5.07. The van der Waals surface area contributed by atoms with Crippen molar-refractivity contribution in [2.75, 3.05) is 12.3 Å². The molecule has 94 valence electrons. The fourth-order valence-corrected chi connectivity index (χ4v) is 1.21. The molecule has 0 radical (unpaired) electrons. The third-order valence-electron chi connectivity index (χ3n) is 2.13. The van der Waals surface area contributed by atoms with Crippen LogP contribution in [0.3, 0.4) is 0 Å². The maximum Gasteiger partial charge on any atom is 0.257 e. The van der Waals surface area contributed by atoms with Gasteiger partial charge >= 0.3 is 0 Å². The van der Waals surface area contributed by atoms with Crippen LogP contribution in [-0.2, 0) is 0 Å². The number of amides is 1. The van der Waals surface area contributed by atoms with Crippen molar-refractivity contribution < 1.29 is 13.6 Å².